The van der Waals surface area contributed by atoms with Crippen molar-refractivity contribution in [3.8, 4) is 11.3 Å². The van der Waals surface area contributed by atoms with Crippen LogP contribution >= 0.6 is 11.3 Å². The van der Waals surface area contributed by atoms with Crippen LogP contribution in [0.5, 0.6) is 0 Å². The molecule has 0 aliphatic rings. The minimum absolute atomic E-state index is 0.0367. The third kappa shape index (κ3) is 3.28. The molecule has 0 aliphatic carbocycles. The van der Waals surface area contributed by atoms with Crippen LogP contribution in [0.1, 0.15) is 30.2 Å². The number of nitrogens with one attached hydrogen (secondary N) is 3. The average Bonchev–Trinajstić information content (AvgIpc) is 3.19. The highest BCUT2D eigenvalue weighted by molar-refractivity contribution is 7.09. The van der Waals surface area contributed by atoms with Crippen molar-refractivity contribution in [1.29, 1.82) is 5.41 Å². The SMILES string of the molecule is CC(C)c1c(-c2cnn(Cc3cccs3)c2)[nH]/c(=N/C=N)[nH]c1=O. The number of thiophene rings is 1. The molecule has 0 fully saturated rings. The number of nitrogens with zero attached hydrogens (tertiary/aromatic N) is 3. The molecular formula is C16H18N6OS. The molecule has 0 spiro atoms. The standard InChI is InChI=1S/C16H18N6OS/c1-10(2)13-14(20-16(18-9-17)21-15(13)23)11-6-19-22(7-11)8-12-4-3-5-24-12/h3-7,9-10H,8H2,1-2H3,(H3,17,18,20,21,23). The van der Waals surface area contributed by atoms with Gasteiger partial charge in [0, 0.05) is 22.2 Å². The molecule has 0 atom stereocenters. The summed E-state index contributed by atoms with van der Waals surface area (Å²) in [5.41, 5.74) is 2.20. The summed E-state index contributed by atoms with van der Waals surface area (Å²) in [4.78, 5) is 23.2. The lowest BCUT2D eigenvalue weighted by Gasteiger charge is -2.10. The molecule has 124 valence electrons. The van der Waals surface area contributed by atoms with Gasteiger partial charge in [-0.25, -0.2) is 4.99 Å². The molecule has 3 aromatic rings. The number of hydrogen-bond donors (Lipinski definition) is 3. The van der Waals surface area contributed by atoms with Gasteiger partial charge in [0.25, 0.3) is 5.56 Å². The van der Waals surface area contributed by atoms with Crippen LogP contribution in [0, 0.1) is 5.41 Å². The molecular weight excluding hydrogens is 324 g/mol. The van der Waals surface area contributed by atoms with E-state index < -0.39 is 0 Å². The van der Waals surface area contributed by atoms with E-state index in [9.17, 15) is 4.79 Å². The van der Waals surface area contributed by atoms with Crippen LogP contribution in [-0.2, 0) is 6.54 Å². The fourth-order valence-electron chi connectivity index (χ4n) is 2.55. The van der Waals surface area contributed by atoms with Crippen LogP contribution in [0.4, 0.5) is 0 Å². The summed E-state index contributed by atoms with van der Waals surface area (Å²) in [6, 6.07) is 4.07. The van der Waals surface area contributed by atoms with Gasteiger partial charge in [-0.3, -0.25) is 19.9 Å². The molecule has 3 rings (SSSR count). The summed E-state index contributed by atoms with van der Waals surface area (Å²) in [5, 5.41) is 13.5. The predicted octanol–water partition coefficient (Wildman–Crippen LogP) is 2.31. The number of aromatic nitrogens is 4. The lowest BCUT2D eigenvalue weighted by Crippen LogP contribution is -2.28. The molecule has 3 aromatic heterocycles. The summed E-state index contributed by atoms with van der Waals surface area (Å²) in [7, 11) is 0. The maximum absolute atomic E-state index is 12.4. The second kappa shape index (κ2) is 6.79. The predicted molar refractivity (Wildman–Crippen MR) is 94.5 cm³/mol. The first-order valence-corrected chi connectivity index (χ1v) is 8.41. The molecule has 0 unspecified atom stereocenters. The summed E-state index contributed by atoms with van der Waals surface area (Å²) in [5.74, 6) is 0.0367. The minimum atomic E-state index is -0.203. The number of H-pyrrole nitrogens is 2. The van der Waals surface area contributed by atoms with Crippen LogP contribution in [0.25, 0.3) is 11.3 Å². The van der Waals surface area contributed by atoms with Crippen molar-refractivity contribution in [3.63, 3.8) is 0 Å². The van der Waals surface area contributed by atoms with E-state index >= 15 is 0 Å². The monoisotopic (exact) mass is 342 g/mol. The second-order valence-electron chi connectivity index (χ2n) is 5.64. The van der Waals surface area contributed by atoms with Crippen molar-refractivity contribution in [2.75, 3.05) is 0 Å². The van der Waals surface area contributed by atoms with Crippen LogP contribution in [-0.4, -0.2) is 26.1 Å². The average molecular weight is 342 g/mol. The first-order valence-electron chi connectivity index (χ1n) is 7.53. The largest absolute Gasteiger partial charge is 0.325 e. The molecule has 0 saturated carbocycles. The lowest BCUT2D eigenvalue weighted by molar-refractivity contribution is 0.695. The van der Waals surface area contributed by atoms with E-state index in [1.54, 1.807) is 17.5 Å². The molecule has 3 N–H and O–H groups in total. The first kappa shape index (κ1) is 16.1. The van der Waals surface area contributed by atoms with Crippen molar-refractivity contribution < 1.29 is 0 Å². The fraction of sp³-hybridized carbons (Fsp3) is 0.250. The zero-order valence-corrected chi connectivity index (χ0v) is 14.2. The zero-order valence-electron chi connectivity index (χ0n) is 13.4. The van der Waals surface area contributed by atoms with Crippen molar-refractivity contribution in [3.05, 3.63) is 56.3 Å². The van der Waals surface area contributed by atoms with Gasteiger partial charge in [-0.05, 0) is 17.4 Å². The number of hydrogen-bond acceptors (Lipinski definition) is 4. The molecule has 7 nitrogen and oxygen atoms in total. The maximum Gasteiger partial charge on any atom is 0.256 e. The maximum atomic E-state index is 12.4. The van der Waals surface area contributed by atoms with Gasteiger partial charge < -0.3 is 4.98 Å². The minimum Gasteiger partial charge on any atom is -0.325 e. The Morgan fingerprint density at radius 2 is 2.29 bits per heavy atom. The molecule has 0 bridgehead atoms. The van der Waals surface area contributed by atoms with Crippen LogP contribution in [0.15, 0.2) is 39.7 Å². The Morgan fingerprint density at radius 3 is 2.96 bits per heavy atom. The number of rotatable bonds is 5. The van der Waals surface area contributed by atoms with Gasteiger partial charge in [0.2, 0.25) is 5.62 Å². The van der Waals surface area contributed by atoms with Crippen LogP contribution < -0.4 is 11.2 Å². The molecule has 0 radical (unpaired) electrons. The summed E-state index contributed by atoms with van der Waals surface area (Å²) in [6.07, 6.45) is 4.53. The molecule has 0 amide bonds. The highest BCUT2D eigenvalue weighted by atomic mass is 32.1. The van der Waals surface area contributed by atoms with Gasteiger partial charge in [-0.1, -0.05) is 19.9 Å². The summed E-state index contributed by atoms with van der Waals surface area (Å²) in [6.45, 7) is 4.62. The first-order chi connectivity index (χ1) is 11.6. The van der Waals surface area contributed by atoms with Crippen LogP contribution in [0.3, 0.4) is 0 Å². The van der Waals surface area contributed by atoms with Crippen molar-refractivity contribution in [1.82, 2.24) is 19.7 Å². The van der Waals surface area contributed by atoms with E-state index in [0.717, 1.165) is 11.9 Å². The fourth-order valence-corrected chi connectivity index (χ4v) is 3.25. The molecule has 24 heavy (non-hydrogen) atoms. The highest BCUT2D eigenvalue weighted by Gasteiger charge is 2.15. The van der Waals surface area contributed by atoms with Crippen molar-refractivity contribution in [2.45, 2.75) is 26.3 Å². The van der Waals surface area contributed by atoms with Crippen LogP contribution in [0.2, 0.25) is 0 Å². The Hall–Kier alpha value is -2.74. The van der Waals surface area contributed by atoms with Gasteiger partial charge in [0.1, 0.15) is 6.34 Å². The van der Waals surface area contributed by atoms with E-state index in [2.05, 4.69) is 26.1 Å². The van der Waals surface area contributed by atoms with Crippen molar-refractivity contribution in [2.24, 2.45) is 4.99 Å². The molecule has 8 heteroatoms. The van der Waals surface area contributed by atoms with Gasteiger partial charge >= 0.3 is 0 Å². The Balaban J connectivity index is 2.08. The van der Waals surface area contributed by atoms with Gasteiger partial charge in [0.15, 0.2) is 0 Å². The Morgan fingerprint density at radius 1 is 1.46 bits per heavy atom. The summed E-state index contributed by atoms with van der Waals surface area (Å²) < 4.78 is 1.84. The lowest BCUT2D eigenvalue weighted by atomic mass is 10.0. The molecule has 3 heterocycles. The van der Waals surface area contributed by atoms with E-state index in [1.165, 1.54) is 4.88 Å². The van der Waals surface area contributed by atoms with E-state index in [0.29, 0.717) is 17.8 Å². The smallest absolute Gasteiger partial charge is 0.256 e. The van der Waals surface area contributed by atoms with Gasteiger partial charge in [-0.15, -0.1) is 11.3 Å². The molecule has 0 aliphatic heterocycles. The topological polar surface area (TPSA) is 103 Å². The van der Waals surface area contributed by atoms with Gasteiger partial charge in [-0.2, -0.15) is 5.10 Å². The quantitative estimate of drug-likeness (QED) is 0.489. The van der Waals surface area contributed by atoms with E-state index in [1.807, 2.05) is 36.2 Å². The number of aromatic amines is 2. The van der Waals surface area contributed by atoms with Gasteiger partial charge in [0.05, 0.1) is 18.4 Å². The molecule has 0 aromatic carbocycles. The Labute approximate surface area is 142 Å². The zero-order chi connectivity index (χ0) is 17.1. The third-order valence-electron chi connectivity index (χ3n) is 3.58. The molecule has 0 saturated heterocycles. The van der Waals surface area contributed by atoms with Crippen molar-refractivity contribution >= 4 is 17.7 Å². The van der Waals surface area contributed by atoms with E-state index in [4.69, 9.17) is 5.41 Å². The second-order valence-corrected chi connectivity index (χ2v) is 6.67. The highest BCUT2D eigenvalue weighted by Crippen LogP contribution is 2.23. The normalized spacial score (nSPS) is 12.0. The summed E-state index contributed by atoms with van der Waals surface area (Å²) >= 11 is 1.68. The Bertz CT molecular complexity index is 961. The Kier molecular flexibility index (Phi) is 4.57. The van der Waals surface area contributed by atoms with E-state index in [-0.39, 0.29) is 17.1 Å². The third-order valence-corrected chi connectivity index (χ3v) is 4.44.